The second kappa shape index (κ2) is 4.06. The minimum absolute atomic E-state index is 0.0362. The molecule has 0 atom stereocenters. The molecule has 0 radical (unpaired) electrons. The van der Waals surface area contributed by atoms with Crippen molar-refractivity contribution in [1.82, 2.24) is 4.24 Å². The monoisotopic (exact) mass is 221 g/mol. The third-order valence-electron chi connectivity index (χ3n) is 1.49. The van der Waals surface area contributed by atoms with E-state index in [2.05, 4.69) is 0 Å². The van der Waals surface area contributed by atoms with Crippen LogP contribution in [0.15, 0.2) is 29.2 Å². The topological polar surface area (TPSA) is 66.4 Å². The Hall–Kier alpha value is -0.620. The summed E-state index contributed by atoms with van der Waals surface area (Å²) in [7, 11) is -3.63. The Morgan fingerprint density at radius 1 is 1.46 bits per heavy atom. The van der Waals surface area contributed by atoms with Crippen LogP contribution in [0, 0.1) is 0 Å². The van der Waals surface area contributed by atoms with E-state index in [1.807, 2.05) is 0 Å². The highest BCUT2D eigenvalue weighted by atomic mass is 35.5. The average Bonchev–Trinajstić information content (AvgIpc) is 2.18. The van der Waals surface area contributed by atoms with Crippen molar-refractivity contribution in [2.24, 2.45) is 0 Å². The fourth-order valence-electron chi connectivity index (χ4n) is 0.856. The van der Waals surface area contributed by atoms with Crippen molar-refractivity contribution in [1.29, 1.82) is 0 Å². The van der Waals surface area contributed by atoms with Gasteiger partial charge in [-0.15, -0.1) is 4.24 Å². The van der Waals surface area contributed by atoms with Crippen LogP contribution < -0.4 is 4.24 Å². The molecule has 0 saturated heterocycles. The van der Waals surface area contributed by atoms with Crippen LogP contribution in [0.4, 0.5) is 0 Å². The van der Waals surface area contributed by atoms with Crippen LogP contribution in [0.25, 0.3) is 0 Å². The Morgan fingerprint density at radius 3 is 2.69 bits per heavy atom. The van der Waals surface area contributed by atoms with E-state index in [1.54, 1.807) is 10.3 Å². The van der Waals surface area contributed by atoms with Crippen LogP contribution >= 0.6 is 11.8 Å². The maximum atomic E-state index is 11.1. The number of nitrogens with one attached hydrogen (secondary N) is 1. The first kappa shape index (κ1) is 10.5. The Balaban J connectivity index is 3.17. The van der Waals surface area contributed by atoms with E-state index in [1.165, 1.54) is 18.2 Å². The molecule has 4 nitrogen and oxygen atoms in total. The molecule has 13 heavy (non-hydrogen) atoms. The number of aliphatic hydroxyl groups excluding tert-OH is 1. The fraction of sp³-hybridized carbons (Fsp3) is 0.143. The van der Waals surface area contributed by atoms with Gasteiger partial charge in [-0.25, -0.2) is 8.42 Å². The number of hydrogen-bond acceptors (Lipinski definition) is 3. The number of hydrogen-bond donors (Lipinski definition) is 2. The zero-order chi connectivity index (χ0) is 9.90. The van der Waals surface area contributed by atoms with Gasteiger partial charge in [0.05, 0.1) is 11.5 Å². The molecule has 0 aliphatic rings. The molecule has 0 aromatic heterocycles. The standard InChI is InChI=1S/C7H8ClNO3S/c8-9-13(11,12)7-3-1-2-6(4-7)5-10/h1-4,9-10H,5H2. The summed E-state index contributed by atoms with van der Waals surface area (Å²) >= 11 is 5.02. The maximum Gasteiger partial charge on any atom is 0.253 e. The van der Waals surface area contributed by atoms with Crippen LogP contribution in [0.5, 0.6) is 0 Å². The molecule has 2 N–H and O–H groups in total. The van der Waals surface area contributed by atoms with E-state index in [0.717, 1.165) is 0 Å². The summed E-state index contributed by atoms with van der Waals surface area (Å²) in [6.07, 6.45) is 0. The first-order chi connectivity index (χ1) is 6.10. The second-order valence-electron chi connectivity index (χ2n) is 2.39. The molecule has 0 spiro atoms. The molecule has 0 aliphatic carbocycles. The summed E-state index contributed by atoms with van der Waals surface area (Å²) < 4.78 is 24.0. The van der Waals surface area contributed by atoms with Gasteiger partial charge in [0, 0.05) is 0 Å². The minimum Gasteiger partial charge on any atom is -0.392 e. The van der Waals surface area contributed by atoms with Gasteiger partial charge in [-0.3, -0.25) is 0 Å². The van der Waals surface area contributed by atoms with E-state index in [4.69, 9.17) is 16.9 Å². The molecule has 1 rings (SSSR count). The van der Waals surface area contributed by atoms with Crippen molar-refractivity contribution in [2.45, 2.75) is 11.5 Å². The molecule has 72 valence electrons. The lowest BCUT2D eigenvalue weighted by Gasteiger charge is -2.01. The number of halogens is 1. The summed E-state index contributed by atoms with van der Waals surface area (Å²) in [6, 6.07) is 5.90. The number of sulfonamides is 1. The molecule has 1 aromatic carbocycles. The lowest BCUT2D eigenvalue weighted by molar-refractivity contribution is 0.281. The highest BCUT2D eigenvalue weighted by molar-refractivity contribution is 7.90. The van der Waals surface area contributed by atoms with E-state index in [0.29, 0.717) is 5.56 Å². The molecule has 0 aliphatic heterocycles. The molecule has 6 heteroatoms. The zero-order valence-electron chi connectivity index (χ0n) is 6.57. The van der Waals surface area contributed by atoms with Gasteiger partial charge in [0.2, 0.25) is 0 Å². The fourth-order valence-corrected chi connectivity index (χ4v) is 1.78. The summed E-state index contributed by atoms with van der Waals surface area (Å²) in [6.45, 7) is -0.203. The average molecular weight is 222 g/mol. The third-order valence-corrected chi connectivity index (χ3v) is 3.18. The Bertz CT molecular complexity index is 390. The first-order valence-corrected chi connectivity index (χ1v) is 5.28. The molecular weight excluding hydrogens is 214 g/mol. The number of benzene rings is 1. The minimum atomic E-state index is -3.63. The van der Waals surface area contributed by atoms with Crippen molar-refractivity contribution >= 4 is 21.8 Å². The predicted molar refractivity (Wildman–Crippen MR) is 48.5 cm³/mol. The first-order valence-electron chi connectivity index (χ1n) is 3.42. The maximum absolute atomic E-state index is 11.1. The zero-order valence-corrected chi connectivity index (χ0v) is 8.14. The highest BCUT2D eigenvalue weighted by Gasteiger charge is 2.11. The highest BCUT2D eigenvalue weighted by Crippen LogP contribution is 2.11. The molecular formula is C7H8ClNO3S. The molecule has 0 bridgehead atoms. The lowest BCUT2D eigenvalue weighted by atomic mass is 10.2. The SMILES string of the molecule is O=S(=O)(NCl)c1cccc(CO)c1. The largest absolute Gasteiger partial charge is 0.392 e. The molecule has 0 fully saturated rings. The van der Waals surface area contributed by atoms with E-state index in [-0.39, 0.29) is 11.5 Å². The Kier molecular flexibility index (Phi) is 3.27. The molecule has 0 saturated carbocycles. The second-order valence-corrected chi connectivity index (χ2v) is 4.48. The van der Waals surface area contributed by atoms with Crippen molar-refractivity contribution in [3.8, 4) is 0 Å². The van der Waals surface area contributed by atoms with Crippen molar-refractivity contribution < 1.29 is 13.5 Å². The predicted octanol–water partition coefficient (Wildman–Crippen LogP) is 0.611. The van der Waals surface area contributed by atoms with Gasteiger partial charge >= 0.3 is 0 Å². The molecule has 1 aromatic rings. The van der Waals surface area contributed by atoms with Crippen LogP contribution in [0.1, 0.15) is 5.56 Å². The Morgan fingerprint density at radius 2 is 2.15 bits per heavy atom. The quantitative estimate of drug-likeness (QED) is 0.735. The van der Waals surface area contributed by atoms with Crippen molar-refractivity contribution in [2.75, 3.05) is 0 Å². The molecule has 0 amide bonds. The van der Waals surface area contributed by atoms with Gasteiger partial charge in [-0.2, -0.15) is 0 Å². The summed E-state index contributed by atoms with van der Waals surface area (Å²) in [5.41, 5.74) is 0.521. The lowest BCUT2D eigenvalue weighted by Crippen LogP contribution is -2.13. The van der Waals surface area contributed by atoms with Gasteiger partial charge in [0.1, 0.15) is 0 Å². The summed E-state index contributed by atoms with van der Waals surface area (Å²) in [5.74, 6) is 0. The van der Waals surface area contributed by atoms with Crippen LogP contribution in [-0.2, 0) is 16.6 Å². The van der Waals surface area contributed by atoms with Crippen molar-refractivity contribution in [3.63, 3.8) is 0 Å². The smallest absolute Gasteiger partial charge is 0.253 e. The van der Waals surface area contributed by atoms with Gasteiger partial charge in [-0.05, 0) is 29.5 Å². The summed E-state index contributed by atoms with van der Waals surface area (Å²) in [4.78, 5) is 0.0362. The van der Waals surface area contributed by atoms with Crippen LogP contribution in [-0.4, -0.2) is 13.5 Å². The van der Waals surface area contributed by atoms with E-state index >= 15 is 0 Å². The van der Waals surface area contributed by atoms with E-state index in [9.17, 15) is 8.42 Å². The van der Waals surface area contributed by atoms with Gasteiger partial charge in [0.25, 0.3) is 10.0 Å². The van der Waals surface area contributed by atoms with Gasteiger partial charge in [-0.1, -0.05) is 12.1 Å². The van der Waals surface area contributed by atoms with E-state index < -0.39 is 10.0 Å². The van der Waals surface area contributed by atoms with Gasteiger partial charge < -0.3 is 5.11 Å². The van der Waals surface area contributed by atoms with Gasteiger partial charge in [0.15, 0.2) is 0 Å². The van der Waals surface area contributed by atoms with Crippen LogP contribution in [0.3, 0.4) is 0 Å². The summed E-state index contributed by atoms with van der Waals surface area (Å²) in [5, 5.41) is 8.75. The normalized spacial score (nSPS) is 11.5. The molecule has 0 heterocycles. The van der Waals surface area contributed by atoms with Crippen molar-refractivity contribution in [3.05, 3.63) is 29.8 Å². The Labute approximate surface area is 81.3 Å². The third kappa shape index (κ3) is 2.41. The molecule has 0 unspecified atom stereocenters. The van der Waals surface area contributed by atoms with Crippen LogP contribution in [0.2, 0.25) is 0 Å². The number of rotatable bonds is 3. The number of aliphatic hydroxyl groups is 1.